The monoisotopic (exact) mass is 263 g/mol. The molecule has 1 aromatic carbocycles. The van der Waals surface area contributed by atoms with Gasteiger partial charge in [-0.15, -0.1) is 0 Å². The molecule has 4 heteroatoms. The van der Waals surface area contributed by atoms with Crippen molar-refractivity contribution in [1.29, 1.82) is 0 Å². The molecule has 0 aliphatic heterocycles. The Hall–Kier alpha value is -1.48. The first-order valence-electron chi connectivity index (χ1n) is 6.08. The molecule has 0 aliphatic carbocycles. The van der Waals surface area contributed by atoms with E-state index in [2.05, 4.69) is 18.9 Å². The highest BCUT2D eigenvalue weighted by molar-refractivity contribution is 6.30. The van der Waals surface area contributed by atoms with E-state index in [0.29, 0.717) is 11.7 Å². The average Bonchev–Trinajstić information content (AvgIpc) is 2.58. The van der Waals surface area contributed by atoms with Gasteiger partial charge in [0.25, 0.3) is 0 Å². The highest BCUT2D eigenvalue weighted by Gasteiger charge is 2.10. The molecule has 0 saturated carbocycles. The summed E-state index contributed by atoms with van der Waals surface area (Å²) in [6.45, 7) is 6.34. The molecule has 2 aromatic rings. The van der Waals surface area contributed by atoms with Gasteiger partial charge in [0.05, 0.1) is 11.4 Å². The fraction of sp³-hybridized carbons (Fsp3) is 0.357. The minimum absolute atomic E-state index is 0.569. The minimum Gasteiger partial charge on any atom is -0.384 e. The third kappa shape index (κ3) is 2.67. The predicted octanol–water partition coefficient (Wildman–Crippen LogP) is 3.61. The Morgan fingerprint density at radius 1 is 1.33 bits per heavy atom. The number of aromatic nitrogens is 2. The SMILES string of the molecule is Cc1cc(Cl)ccc1-n1nc(CC(C)C)cc1N. The third-order valence-electron chi connectivity index (χ3n) is 2.79. The van der Waals surface area contributed by atoms with Crippen LogP contribution in [0, 0.1) is 12.8 Å². The van der Waals surface area contributed by atoms with Crippen LogP contribution in [0.5, 0.6) is 0 Å². The van der Waals surface area contributed by atoms with Gasteiger partial charge in [-0.1, -0.05) is 25.4 Å². The molecule has 0 radical (unpaired) electrons. The van der Waals surface area contributed by atoms with E-state index in [9.17, 15) is 0 Å². The number of anilines is 1. The maximum Gasteiger partial charge on any atom is 0.127 e. The van der Waals surface area contributed by atoms with Gasteiger partial charge in [0.15, 0.2) is 0 Å². The van der Waals surface area contributed by atoms with Gasteiger partial charge in [0.1, 0.15) is 5.82 Å². The van der Waals surface area contributed by atoms with Crippen molar-refractivity contribution in [2.75, 3.05) is 5.73 Å². The van der Waals surface area contributed by atoms with Crippen LogP contribution < -0.4 is 5.73 Å². The van der Waals surface area contributed by atoms with E-state index < -0.39 is 0 Å². The molecule has 0 spiro atoms. The summed E-state index contributed by atoms with van der Waals surface area (Å²) in [4.78, 5) is 0. The van der Waals surface area contributed by atoms with E-state index in [1.54, 1.807) is 4.68 Å². The van der Waals surface area contributed by atoms with E-state index in [1.165, 1.54) is 0 Å². The van der Waals surface area contributed by atoms with Crippen LogP contribution in [0.2, 0.25) is 5.02 Å². The molecule has 2 N–H and O–H groups in total. The zero-order valence-electron chi connectivity index (χ0n) is 10.9. The second kappa shape index (κ2) is 5.02. The maximum atomic E-state index is 6.02. The molecule has 18 heavy (non-hydrogen) atoms. The van der Waals surface area contributed by atoms with E-state index >= 15 is 0 Å². The van der Waals surface area contributed by atoms with Crippen molar-refractivity contribution in [2.45, 2.75) is 27.2 Å². The van der Waals surface area contributed by atoms with Gasteiger partial charge in [-0.05, 0) is 43.0 Å². The number of nitrogen functional groups attached to an aromatic ring is 1. The summed E-state index contributed by atoms with van der Waals surface area (Å²) < 4.78 is 1.78. The summed E-state index contributed by atoms with van der Waals surface area (Å²) >= 11 is 5.96. The Bertz CT molecular complexity index is 558. The number of benzene rings is 1. The molecule has 0 atom stereocenters. The maximum absolute atomic E-state index is 6.02. The summed E-state index contributed by atoms with van der Waals surface area (Å²) in [5.74, 6) is 1.23. The van der Waals surface area contributed by atoms with Crippen LogP contribution >= 0.6 is 11.6 Å². The van der Waals surface area contributed by atoms with Gasteiger partial charge in [0.2, 0.25) is 0 Å². The zero-order valence-corrected chi connectivity index (χ0v) is 11.7. The van der Waals surface area contributed by atoms with E-state index in [4.69, 9.17) is 17.3 Å². The molecule has 0 aliphatic rings. The highest BCUT2D eigenvalue weighted by atomic mass is 35.5. The van der Waals surface area contributed by atoms with Crippen LogP contribution in [-0.2, 0) is 6.42 Å². The molecule has 0 bridgehead atoms. The normalized spacial score (nSPS) is 11.2. The van der Waals surface area contributed by atoms with Gasteiger partial charge in [0, 0.05) is 11.1 Å². The summed E-state index contributed by atoms with van der Waals surface area (Å²) in [7, 11) is 0. The van der Waals surface area contributed by atoms with Crippen LogP contribution in [-0.4, -0.2) is 9.78 Å². The number of nitrogens with two attached hydrogens (primary N) is 1. The van der Waals surface area contributed by atoms with Crippen LogP contribution in [0.1, 0.15) is 25.1 Å². The highest BCUT2D eigenvalue weighted by Crippen LogP contribution is 2.22. The quantitative estimate of drug-likeness (QED) is 0.919. The molecule has 96 valence electrons. The van der Waals surface area contributed by atoms with Crippen molar-refractivity contribution in [1.82, 2.24) is 9.78 Å². The Balaban J connectivity index is 2.41. The van der Waals surface area contributed by atoms with Crippen LogP contribution in [0.15, 0.2) is 24.3 Å². The molecular weight excluding hydrogens is 246 g/mol. The Morgan fingerprint density at radius 2 is 2.06 bits per heavy atom. The summed E-state index contributed by atoms with van der Waals surface area (Å²) in [6.07, 6.45) is 0.934. The average molecular weight is 264 g/mol. The number of rotatable bonds is 3. The first-order chi connectivity index (χ1) is 8.47. The Labute approximate surface area is 113 Å². The van der Waals surface area contributed by atoms with Crippen molar-refractivity contribution in [3.8, 4) is 5.69 Å². The second-order valence-electron chi connectivity index (χ2n) is 5.00. The lowest BCUT2D eigenvalue weighted by atomic mass is 10.1. The van der Waals surface area contributed by atoms with Gasteiger partial charge >= 0.3 is 0 Å². The second-order valence-corrected chi connectivity index (χ2v) is 5.44. The first kappa shape index (κ1) is 13.0. The number of halogens is 1. The van der Waals surface area contributed by atoms with E-state index in [0.717, 1.165) is 28.4 Å². The molecule has 0 saturated heterocycles. The predicted molar refractivity (Wildman–Crippen MR) is 76.3 cm³/mol. The first-order valence-corrected chi connectivity index (χ1v) is 6.46. The standard InChI is InChI=1S/C14H18ClN3/c1-9(2)6-12-8-14(16)18(17-12)13-5-4-11(15)7-10(13)3/h4-5,7-9H,6,16H2,1-3H3. The molecule has 1 aromatic heterocycles. The summed E-state index contributed by atoms with van der Waals surface area (Å²) in [5, 5.41) is 5.29. The molecule has 0 unspecified atom stereocenters. The minimum atomic E-state index is 0.569. The molecule has 3 nitrogen and oxygen atoms in total. The van der Waals surface area contributed by atoms with Crippen molar-refractivity contribution >= 4 is 17.4 Å². The Morgan fingerprint density at radius 3 is 2.67 bits per heavy atom. The van der Waals surface area contributed by atoms with Gasteiger partial charge in [-0.25, -0.2) is 4.68 Å². The van der Waals surface area contributed by atoms with Crippen LogP contribution in [0.3, 0.4) is 0 Å². The van der Waals surface area contributed by atoms with E-state index in [-0.39, 0.29) is 0 Å². The lowest BCUT2D eigenvalue weighted by molar-refractivity contribution is 0.628. The molecule has 2 rings (SSSR count). The molecule has 1 heterocycles. The topological polar surface area (TPSA) is 43.8 Å². The fourth-order valence-electron chi connectivity index (χ4n) is 2.01. The van der Waals surface area contributed by atoms with Gasteiger partial charge in [-0.3, -0.25) is 0 Å². The zero-order chi connectivity index (χ0) is 13.3. The van der Waals surface area contributed by atoms with Crippen molar-refractivity contribution < 1.29 is 0 Å². The van der Waals surface area contributed by atoms with Crippen molar-refractivity contribution in [3.05, 3.63) is 40.5 Å². The fourth-order valence-corrected chi connectivity index (χ4v) is 2.24. The summed E-state index contributed by atoms with van der Waals surface area (Å²) in [5.41, 5.74) is 9.09. The summed E-state index contributed by atoms with van der Waals surface area (Å²) in [6, 6.07) is 7.65. The molecule has 0 fully saturated rings. The molecular formula is C14H18ClN3. The van der Waals surface area contributed by atoms with Crippen LogP contribution in [0.25, 0.3) is 5.69 Å². The number of hydrogen-bond donors (Lipinski definition) is 1. The smallest absolute Gasteiger partial charge is 0.127 e. The number of hydrogen-bond acceptors (Lipinski definition) is 2. The third-order valence-corrected chi connectivity index (χ3v) is 3.03. The van der Waals surface area contributed by atoms with Gasteiger partial charge < -0.3 is 5.73 Å². The van der Waals surface area contributed by atoms with Crippen molar-refractivity contribution in [3.63, 3.8) is 0 Å². The van der Waals surface area contributed by atoms with E-state index in [1.807, 2.05) is 31.2 Å². The number of nitrogens with zero attached hydrogens (tertiary/aromatic N) is 2. The van der Waals surface area contributed by atoms with Crippen LogP contribution in [0.4, 0.5) is 5.82 Å². The van der Waals surface area contributed by atoms with Gasteiger partial charge in [-0.2, -0.15) is 5.10 Å². The Kier molecular flexibility index (Phi) is 3.62. The lowest BCUT2D eigenvalue weighted by Gasteiger charge is -2.08. The molecule has 0 amide bonds. The number of aryl methyl sites for hydroxylation is 1. The lowest BCUT2D eigenvalue weighted by Crippen LogP contribution is -2.04. The van der Waals surface area contributed by atoms with Crippen molar-refractivity contribution in [2.24, 2.45) is 5.92 Å². The largest absolute Gasteiger partial charge is 0.384 e.